The number of rotatable bonds is 4. The summed E-state index contributed by atoms with van der Waals surface area (Å²) in [6, 6.07) is 7.91. The van der Waals surface area contributed by atoms with E-state index in [9.17, 15) is 0 Å². The van der Waals surface area contributed by atoms with Crippen LogP contribution in [0, 0.1) is 0 Å². The lowest BCUT2D eigenvalue weighted by atomic mass is 10.3. The first kappa shape index (κ1) is 13.7. The van der Waals surface area contributed by atoms with Gasteiger partial charge in [-0.25, -0.2) is 0 Å². The first-order valence-electron chi connectivity index (χ1n) is 6.64. The number of hydrogen-bond donors (Lipinski definition) is 1. The van der Waals surface area contributed by atoms with Crippen LogP contribution in [0.25, 0.3) is 0 Å². The molecule has 0 aliphatic carbocycles. The van der Waals surface area contributed by atoms with Crippen LogP contribution in [0.15, 0.2) is 24.3 Å². The van der Waals surface area contributed by atoms with E-state index in [1.54, 1.807) is 0 Å². The third-order valence-electron chi connectivity index (χ3n) is 3.39. The number of halogens is 1. The highest BCUT2D eigenvalue weighted by atomic mass is 35.5. The van der Waals surface area contributed by atoms with Crippen molar-refractivity contribution < 1.29 is 0 Å². The fourth-order valence-corrected chi connectivity index (χ4v) is 2.47. The Morgan fingerprint density at radius 3 is 2.94 bits per heavy atom. The van der Waals surface area contributed by atoms with Crippen molar-refractivity contribution in [2.45, 2.75) is 6.42 Å². The number of likely N-dealkylation sites (N-methyl/N-ethyl adjacent to an activating group) is 1. The highest BCUT2D eigenvalue weighted by Gasteiger charge is 2.10. The van der Waals surface area contributed by atoms with Gasteiger partial charge in [0, 0.05) is 36.9 Å². The lowest BCUT2D eigenvalue weighted by molar-refractivity contribution is 0.285. The van der Waals surface area contributed by atoms with Crippen molar-refractivity contribution in [1.29, 1.82) is 0 Å². The molecule has 0 aromatic heterocycles. The van der Waals surface area contributed by atoms with Crippen LogP contribution in [0.5, 0.6) is 0 Å². The van der Waals surface area contributed by atoms with Gasteiger partial charge in [-0.3, -0.25) is 0 Å². The Balaban J connectivity index is 1.71. The average molecular weight is 268 g/mol. The second-order valence-corrected chi connectivity index (χ2v) is 5.37. The monoisotopic (exact) mass is 267 g/mol. The molecule has 0 radical (unpaired) electrons. The molecule has 1 heterocycles. The zero-order valence-corrected chi connectivity index (χ0v) is 11.8. The summed E-state index contributed by atoms with van der Waals surface area (Å²) < 4.78 is 0. The van der Waals surface area contributed by atoms with Crippen molar-refractivity contribution in [3.05, 3.63) is 29.3 Å². The van der Waals surface area contributed by atoms with Crippen LogP contribution >= 0.6 is 11.6 Å². The van der Waals surface area contributed by atoms with Crippen molar-refractivity contribution in [1.82, 2.24) is 9.80 Å². The summed E-state index contributed by atoms with van der Waals surface area (Å²) in [5, 5.41) is 4.21. The van der Waals surface area contributed by atoms with E-state index in [4.69, 9.17) is 11.6 Å². The number of anilines is 1. The van der Waals surface area contributed by atoms with E-state index in [0.717, 1.165) is 23.8 Å². The molecule has 18 heavy (non-hydrogen) atoms. The molecule has 1 fully saturated rings. The molecule has 0 spiro atoms. The molecule has 1 aliphatic heterocycles. The van der Waals surface area contributed by atoms with Crippen molar-refractivity contribution in [3.63, 3.8) is 0 Å². The minimum absolute atomic E-state index is 0.788. The Hall–Kier alpha value is -0.770. The molecule has 0 atom stereocenters. The summed E-state index contributed by atoms with van der Waals surface area (Å²) in [5.74, 6) is 0. The minimum atomic E-state index is 0.788. The van der Waals surface area contributed by atoms with Crippen LogP contribution in [0.2, 0.25) is 5.02 Å². The smallest absolute Gasteiger partial charge is 0.0426 e. The van der Waals surface area contributed by atoms with Crippen LogP contribution in [0.3, 0.4) is 0 Å². The Bertz CT molecular complexity index is 370. The van der Waals surface area contributed by atoms with E-state index in [2.05, 4.69) is 28.2 Å². The molecule has 0 bridgehead atoms. The first-order valence-corrected chi connectivity index (χ1v) is 7.02. The molecule has 0 unspecified atom stereocenters. The van der Waals surface area contributed by atoms with Gasteiger partial charge in [0.15, 0.2) is 0 Å². The molecular weight excluding hydrogens is 246 g/mol. The molecule has 0 saturated carbocycles. The standard InChI is InChI=1S/C14H22ClN3/c1-17-7-3-8-18(11-10-17)9-6-16-14-5-2-4-13(15)12-14/h2,4-5,12,16H,3,6-11H2,1H3. The molecule has 1 aromatic carbocycles. The molecule has 1 aromatic rings. The van der Waals surface area contributed by atoms with Gasteiger partial charge in [-0.2, -0.15) is 0 Å². The van der Waals surface area contributed by atoms with Gasteiger partial charge in [-0.05, 0) is 44.8 Å². The van der Waals surface area contributed by atoms with E-state index in [0.29, 0.717) is 0 Å². The van der Waals surface area contributed by atoms with Crippen molar-refractivity contribution >= 4 is 17.3 Å². The van der Waals surface area contributed by atoms with E-state index in [1.165, 1.54) is 32.6 Å². The highest BCUT2D eigenvalue weighted by molar-refractivity contribution is 6.30. The molecular formula is C14H22ClN3. The Morgan fingerprint density at radius 1 is 1.22 bits per heavy atom. The number of benzene rings is 1. The van der Waals surface area contributed by atoms with Gasteiger partial charge in [0.05, 0.1) is 0 Å². The fraction of sp³-hybridized carbons (Fsp3) is 0.571. The molecule has 3 nitrogen and oxygen atoms in total. The first-order chi connectivity index (χ1) is 8.74. The summed E-state index contributed by atoms with van der Waals surface area (Å²) in [5.41, 5.74) is 1.11. The number of nitrogens with one attached hydrogen (secondary N) is 1. The maximum absolute atomic E-state index is 5.95. The quantitative estimate of drug-likeness (QED) is 0.904. The Kier molecular flexibility index (Phi) is 5.29. The van der Waals surface area contributed by atoms with Gasteiger partial charge in [0.25, 0.3) is 0 Å². The maximum atomic E-state index is 5.95. The second-order valence-electron chi connectivity index (χ2n) is 4.94. The normalized spacial score (nSPS) is 18.6. The van der Waals surface area contributed by atoms with Crippen LogP contribution in [-0.4, -0.2) is 56.1 Å². The zero-order chi connectivity index (χ0) is 12.8. The SMILES string of the molecule is CN1CCCN(CCNc2cccc(Cl)c2)CC1. The van der Waals surface area contributed by atoms with Crippen LogP contribution in [-0.2, 0) is 0 Å². The number of hydrogen-bond acceptors (Lipinski definition) is 3. The fourth-order valence-electron chi connectivity index (χ4n) is 2.28. The Morgan fingerprint density at radius 2 is 2.11 bits per heavy atom. The second kappa shape index (κ2) is 6.98. The summed E-state index contributed by atoms with van der Waals surface area (Å²) in [4.78, 5) is 4.94. The predicted molar refractivity (Wildman–Crippen MR) is 78.5 cm³/mol. The van der Waals surface area contributed by atoms with Crippen molar-refractivity contribution in [3.8, 4) is 0 Å². The highest BCUT2D eigenvalue weighted by Crippen LogP contribution is 2.14. The van der Waals surface area contributed by atoms with Gasteiger partial charge < -0.3 is 15.1 Å². The largest absolute Gasteiger partial charge is 0.384 e. The third kappa shape index (κ3) is 4.48. The topological polar surface area (TPSA) is 18.5 Å². The molecule has 100 valence electrons. The maximum Gasteiger partial charge on any atom is 0.0426 e. The van der Waals surface area contributed by atoms with Crippen molar-refractivity contribution in [2.24, 2.45) is 0 Å². The molecule has 4 heteroatoms. The van der Waals surface area contributed by atoms with Gasteiger partial charge in [0.1, 0.15) is 0 Å². The summed E-state index contributed by atoms with van der Waals surface area (Å²) >= 11 is 5.95. The Labute approximate surface area is 115 Å². The van der Waals surface area contributed by atoms with E-state index in [1.807, 2.05) is 18.2 Å². The van der Waals surface area contributed by atoms with Gasteiger partial charge in [-0.1, -0.05) is 17.7 Å². The molecule has 0 amide bonds. The average Bonchev–Trinajstić information content (AvgIpc) is 2.55. The van der Waals surface area contributed by atoms with Gasteiger partial charge >= 0.3 is 0 Å². The number of nitrogens with zero attached hydrogens (tertiary/aromatic N) is 2. The van der Waals surface area contributed by atoms with Crippen LogP contribution in [0.1, 0.15) is 6.42 Å². The van der Waals surface area contributed by atoms with Crippen LogP contribution < -0.4 is 5.32 Å². The zero-order valence-electron chi connectivity index (χ0n) is 11.0. The lowest BCUT2D eigenvalue weighted by Gasteiger charge is -2.20. The third-order valence-corrected chi connectivity index (χ3v) is 3.63. The molecule has 1 aliphatic rings. The van der Waals surface area contributed by atoms with E-state index >= 15 is 0 Å². The summed E-state index contributed by atoms with van der Waals surface area (Å²) in [6.07, 6.45) is 1.27. The van der Waals surface area contributed by atoms with E-state index in [-0.39, 0.29) is 0 Å². The summed E-state index contributed by atoms with van der Waals surface area (Å²) in [7, 11) is 2.20. The van der Waals surface area contributed by atoms with Crippen LogP contribution in [0.4, 0.5) is 5.69 Å². The molecule has 1 N–H and O–H groups in total. The summed E-state index contributed by atoms with van der Waals surface area (Å²) in [6.45, 7) is 6.86. The molecule has 2 rings (SSSR count). The minimum Gasteiger partial charge on any atom is -0.384 e. The molecule has 1 saturated heterocycles. The van der Waals surface area contributed by atoms with Gasteiger partial charge in [-0.15, -0.1) is 0 Å². The predicted octanol–water partition coefficient (Wildman–Crippen LogP) is 2.39. The van der Waals surface area contributed by atoms with E-state index < -0.39 is 0 Å². The lowest BCUT2D eigenvalue weighted by Crippen LogP contribution is -2.32. The van der Waals surface area contributed by atoms with Crippen molar-refractivity contribution in [2.75, 3.05) is 51.6 Å². The van der Waals surface area contributed by atoms with Gasteiger partial charge in [0.2, 0.25) is 0 Å².